The smallest absolute Gasteiger partial charge is 0.392 e. The second-order valence-corrected chi connectivity index (χ2v) is 5.46. The first-order chi connectivity index (χ1) is 9.28. The fourth-order valence-electron chi connectivity index (χ4n) is 2.57. The Morgan fingerprint density at radius 1 is 1.35 bits per heavy atom. The van der Waals surface area contributed by atoms with Crippen LogP contribution in [0.1, 0.15) is 39.0 Å². The van der Waals surface area contributed by atoms with Crippen LogP contribution in [0.2, 0.25) is 0 Å². The van der Waals surface area contributed by atoms with E-state index < -0.39 is 24.7 Å². The normalized spacial score (nSPS) is 19.1. The zero-order chi connectivity index (χ0) is 15.2. The molecule has 1 unspecified atom stereocenters. The minimum Gasteiger partial charge on any atom is -0.392 e. The van der Waals surface area contributed by atoms with Crippen LogP contribution in [0.15, 0.2) is 0 Å². The molecule has 7 heteroatoms. The number of amides is 1. The Morgan fingerprint density at radius 3 is 2.45 bits per heavy atom. The summed E-state index contributed by atoms with van der Waals surface area (Å²) in [5, 5.41) is 11.4. The number of alkyl halides is 3. The van der Waals surface area contributed by atoms with Crippen LogP contribution < -0.4 is 5.32 Å². The number of carbonyl (C=O) groups is 1. The van der Waals surface area contributed by atoms with E-state index in [1.54, 1.807) is 11.8 Å². The highest BCUT2D eigenvalue weighted by atomic mass is 19.4. The summed E-state index contributed by atoms with van der Waals surface area (Å²) in [4.78, 5) is 13.4. The molecule has 0 aromatic heterocycles. The van der Waals surface area contributed by atoms with Crippen LogP contribution in [0.3, 0.4) is 0 Å². The van der Waals surface area contributed by atoms with Crippen LogP contribution in [0.4, 0.5) is 13.2 Å². The quantitative estimate of drug-likeness (QED) is 0.784. The summed E-state index contributed by atoms with van der Waals surface area (Å²) < 4.78 is 36.1. The molecule has 4 nitrogen and oxygen atoms in total. The molecule has 2 N–H and O–H groups in total. The molecular weight excluding hydrogens is 273 g/mol. The van der Waals surface area contributed by atoms with Crippen molar-refractivity contribution in [3.05, 3.63) is 0 Å². The molecular formula is C13H23F3N2O2. The molecule has 1 amide bonds. The van der Waals surface area contributed by atoms with Gasteiger partial charge in [-0.2, -0.15) is 13.2 Å². The lowest BCUT2D eigenvalue weighted by atomic mass is 9.94. The molecule has 0 bridgehead atoms. The van der Waals surface area contributed by atoms with E-state index >= 15 is 0 Å². The van der Waals surface area contributed by atoms with Crippen molar-refractivity contribution in [3.63, 3.8) is 0 Å². The summed E-state index contributed by atoms with van der Waals surface area (Å²) in [5.74, 6) is -0.645. The van der Waals surface area contributed by atoms with Crippen LogP contribution in [0.5, 0.6) is 0 Å². The van der Waals surface area contributed by atoms with Gasteiger partial charge in [-0.15, -0.1) is 0 Å². The van der Waals surface area contributed by atoms with Crippen molar-refractivity contribution >= 4 is 5.91 Å². The van der Waals surface area contributed by atoms with E-state index in [1.165, 1.54) is 0 Å². The second kappa shape index (κ2) is 7.83. The third-order valence-electron chi connectivity index (χ3n) is 3.42. The number of hydrogen-bond acceptors (Lipinski definition) is 3. The van der Waals surface area contributed by atoms with Crippen LogP contribution in [0.25, 0.3) is 0 Å². The molecule has 1 saturated carbocycles. The third kappa shape index (κ3) is 7.09. The maximum Gasteiger partial charge on any atom is 0.405 e. The first kappa shape index (κ1) is 17.2. The lowest BCUT2D eigenvalue weighted by Gasteiger charge is -2.34. The van der Waals surface area contributed by atoms with E-state index in [4.69, 9.17) is 0 Å². The van der Waals surface area contributed by atoms with Gasteiger partial charge in [0.25, 0.3) is 0 Å². The first-order valence-electron chi connectivity index (χ1n) is 7.03. The molecule has 0 aromatic carbocycles. The standard InChI is InChI=1S/C13H23F3N2O2/c1-10(19)7-18(11-5-3-2-4-6-11)8-12(20)17-9-13(14,15)16/h10-11,19H,2-9H2,1H3,(H,17,20). The van der Waals surface area contributed by atoms with Gasteiger partial charge in [0.1, 0.15) is 6.54 Å². The van der Waals surface area contributed by atoms with E-state index in [2.05, 4.69) is 0 Å². The summed E-state index contributed by atoms with van der Waals surface area (Å²) in [7, 11) is 0. The van der Waals surface area contributed by atoms with Gasteiger partial charge in [0.2, 0.25) is 5.91 Å². The third-order valence-corrected chi connectivity index (χ3v) is 3.42. The van der Waals surface area contributed by atoms with Crippen molar-refractivity contribution in [2.75, 3.05) is 19.6 Å². The molecule has 0 spiro atoms. The average Bonchev–Trinajstić information content (AvgIpc) is 2.35. The van der Waals surface area contributed by atoms with Crippen molar-refractivity contribution in [2.45, 2.75) is 57.3 Å². The number of nitrogens with one attached hydrogen (secondary N) is 1. The molecule has 1 fully saturated rings. The van der Waals surface area contributed by atoms with Crippen LogP contribution in [0, 0.1) is 0 Å². The number of halogens is 3. The van der Waals surface area contributed by atoms with Gasteiger partial charge in [-0.1, -0.05) is 19.3 Å². The summed E-state index contributed by atoms with van der Waals surface area (Å²) in [6, 6.07) is 0.176. The van der Waals surface area contributed by atoms with Gasteiger partial charge in [0, 0.05) is 12.6 Å². The lowest BCUT2D eigenvalue weighted by Crippen LogP contribution is -2.47. The fourth-order valence-corrected chi connectivity index (χ4v) is 2.57. The molecule has 0 aliphatic heterocycles. The molecule has 118 valence electrons. The summed E-state index contributed by atoms with van der Waals surface area (Å²) >= 11 is 0. The molecule has 0 heterocycles. The zero-order valence-electron chi connectivity index (χ0n) is 11.7. The summed E-state index contributed by atoms with van der Waals surface area (Å²) in [5.41, 5.74) is 0. The number of nitrogens with zero attached hydrogens (tertiary/aromatic N) is 1. The molecule has 1 aliphatic carbocycles. The molecule has 1 rings (SSSR count). The Kier molecular flexibility index (Phi) is 6.75. The Bertz CT molecular complexity index is 302. The van der Waals surface area contributed by atoms with Gasteiger partial charge < -0.3 is 10.4 Å². The Labute approximate surface area is 117 Å². The minimum absolute atomic E-state index is 0.0916. The van der Waals surface area contributed by atoms with Crippen LogP contribution in [-0.4, -0.2) is 53.9 Å². The van der Waals surface area contributed by atoms with Gasteiger partial charge in [0.15, 0.2) is 0 Å². The van der Waals surface area contributed by atoms with Crippen LogP contribution >= 0.6 is 0 Å². The number of aliphatic hydroxyl groups excluding tert-OH is 1. The molecule has 1 aliphatic rings. The monoisotopic (exact) mass is 296 g/mol. The summed E-state index contributed by atoms with van der Waals surface area (Å²) in [6.45, 7) is 0.526. The molecule has 0 radical (unpaired) electrons. The lowest BCUT2D eigenvalue weighted by molar-refractivity contribution is -0.139. The maximum atomic E-state index is 12.0. The molecule has 1 atom stereocenters. The Balaban J connectivity index is 2.48. The van der Waals surface area contributed by atoms with Crippen molar-refractivity contribution in [1.82, 2.24) is 10.2 Å². The number of carbonyl (C=O) groups excluding carboxylic acids is 1. The van der Waals surface area contributed by atoms with Crippen molar-refractivity contribution in [3.8, 4) is 0 Å². The zero-order valence-corrected chi connectivity index (χ0v) is 11.7. The average molecular weight is 296 g/mol. The Morgan fingerprint density at radius 2 is 1.95 bits per heavy atom. The van der Waals surface area contributed by atoms with Crippen molar-refractivity contribution in [2.24, 2.45) is 0 Å². The predicted octanol–water partition coefficient (Wildman–Crippen LogP) is 1.68. The predicted molar refractivity (Wildman–Crippen MR) is 69.2 cm³/mol. The van der Waals surface area contributed by atoms with E-state index in [9.17, 15) is 23.1 Å². The minimum atomic E-state index is -4.39. The van der Waals surface area contributed by atoms with Crippen molar-refractivity contribution < 1.29 is 23.1 Å². The highest BCUT2D eigenvalue weighted by molar-refractivity contribution is 5.78. The number of rotatable bonds is 6. The van der Waals surface area contributed by atoms with Gasteiger partial charge in [-0.25, -0.2) is 0 Å². The van der Waals surface area contributed by atoms with E-state index in [0.29, 0.717) is 6.54 Å². The van der Waals surface area contributed by atoms with E-state index in [1.807, 2.05) is 5.32 Å². The second-order valence-electron chi connectivity index (χ2n) is 5.46. The largest absolute Gasteiger partial charge is 0.405 e. The highest BCUT2D eigenvalue weighted by Gasteiger charge is 2.29. The van der Waals surface area contributed by atoms with Gasteiger partial charge in [0.05, 0.1) is 12.6 Å². The maximum absolute atomic E-state index is 12.0. The van der Waals surface area contributed by atoms with E-state index in [0.717, 1.165) is 32.1 Å². The van der Waals surface area contributed by atoms with Crippen LogP contribution in [-0.2, 0) is 4.79 Å². The number of aliphatic hydroxyl groups is 1. The molecule has 20 heavy (non-hydrogen) atoms. The van der Waals surface area contributed by atoms with E-state index in [-0.39, 0.29) is 12.6 Å². The highest BCUT2D eigenvalue weighted by Crippen LogP contribution is 2.22. The van der Waals surface area contributed by atoms with Gasteiger partial charge in [-0.05, 0) is 19.8 Å². The molecule has 0 aromatic rings. The molecule has 0 saturated heterocycles. The van der Waals surface area contributed by atoms with Gasteiger partial charge in [-0.3, -0.25) is 9.69 Å². The topological polar surface area (TPSA) is 52.6 Å². The first-order valence-corrected chi connectivity index (χ1v) is 7.03. The Hall–Kier alpha value is -0.820. The fraction of sp³-hybridized carbons (Fsp3) is 0.923. The summed E-state index contributed by atoms with van der Waals surface area (Å²) in [6.07, 6.45) is 0.135. The van der Waals surface area contributed by atoms with Gasteiger partial charge >= 0.3 is 6.18 Å². The van der Waals surface area contributed by atoms with Crippen molar-refractivity contribution in [1.29, 1.82) is 0 Å². The number of hydrogen-bond donors (Lipinski definition) is 2. The SMILES string of the molecule is CC(O)CN(CC(=O)NCC(F)(F)F)C1CCCCC1.